The van der Waals surface area contributed by atoms with Crippen molar-refractivity contribution in [3.63, 3.8) is 0 Å². The molecule has 5 heteroatoms. The molecule has 0 aliphatic carbocycles. The van der Waals surface area contributed by atoms with Gasteiger partial charge in [0.05, 0.1) is 0 Å². The highest BCUT2D eigenvalue weighted by molar-refractivity contribution is 5.81. The summed E-state index contributed by atoms with van der Waals surface area (Å²) in [6, 6.07) is 11.6. The van der Waals surface area contributed by atoms with Crippen molar-refractivity contribution in [3.05, 3.63) is 63.6 Å². The molecular weight excluding hydrogens is 364 g/mol. The van der Waals surface area contributed by atoms with E-state index in [-0.39, 0.29) is 22.9 Å². The zero-order valence-electron chi connectivity index (χ0n) is 17.6. The number of benzene rings is 1. The Labute approximate surface area is 172 Å². The second-order valence-corrected chi connectivity index (χ2v) is 9.19. The molecule has 1 amide bonds. The Kier molecular flexibility index (Phi) is 5.24. The number of carbonyl (C=O) groups is 1. The first kappa shape index (κ1) is 19.7. The summed E-state index contributed by atoms with van der Waals surface area (Å²) in [7, 11) is 0. The number of likely N-dealkylation sites (tertiary alicyclic amines) is 1. The van der Waals surface area contributed by atoms with Gasteiger partial charge in [0.1, 0.15) is 12.6 Å². The molecule has 2 aliphatic heterocycles. The highest BCUT2D eigenvalue weighted by Gasteiger charge is 2.34. The third kappa shape index (κ3) is 3.96. The van der Waals surface area contributed by atoms with Crippen LogP contribution in [0.2, 0.25) is 0 Å². The molecule has 1 aromatic carbocycles. The molecule has 4 rings (SSSR count). The second kappa shape index (κ2) is 7.69. The van der Waals surface area contributed by atoms with E-state index in [1.807, 2.05) is 23.1 Å². The minimum absolute atomic E-state index is 0.0817. The fourth-order valence-electron chi connectivity index (χ4n) is 4.29. The molecule has 1 atom stereocenters. The van der Waals surface area contributed by atoms with Crippen LogP contribution in [-0.2, 0) is 23.2 Å². The van der Waals surface area contributed by atoms with E-state index in [9.17, 15) is 9.59 Å². The molecule has 2 aliphatic rings. The molecule has 29 heavy (non-hydrogen) atoms. The number of carbonyl (C=O) groups excluding carboxylic acids is 1. The molecule has 0 unspecified atom stereocenters. The van der Waals surface area contributed by atoms with Gasteiger partial charge >= 0.3 is 0 Å². The first-order chi connectivity index (χ1) is 13.8. The van der Waals surface area contributed by atoms with Crippen LogP contribution >= 0.6 is 0 Å². The van der Waals surface area contributed by atoms with Gasteiger partial charge in [0.25, 0.3) is 5.56 Å². The van der Waals surface area contributed by atoms with Gasteiger partial charge in [0.2, 0.25) is 5.91 Å². The molecule has 5 nitrogen and oxygen atoms in total. The standard InChI is InChI=1S/C24H30N2O3/c1-24(2,3)18-8-6-17(7-9-18)16-29-21-13-11-19-10-12-20(26(19)23(21)28)22(27)25-14-4-5-15-25/h6-9,11,13,20H,4-5,10,12,14-16H2,1-3H3/t20-/m0/s1. The highest BCUT2D eigenvalue weighted by Crippen LogP contribution is 2.28. The van der Waals surface area contributed by atoms with Crippen LogP contribution in [0.1, 0.15) is 62.9 Å². The molecule has 154 valence electrons. The van der Waals surface area contributed by atoms with Crippen LogP contribution in [-0.4, -0.2) is 28.5 Å². The molecule has 0 bridgehead atoms. The molecule has 0 saturated carbocycles. The topological polar surface area (TPSA) is 51.5 Å². The maximum Gasteiger partial charge on any atom is 0.293 e. The zero-order valence-corrected chi connectivity index (χ0v) is 17.6. The molecule has 2 aromatic rings. The van der Waals surface area contributed by atoms with Gasteiger partial charge in [0, 0.05) is 18.8 Å². The van der Waals surface area contributed by atoms with Crippen LogP contribution in [0.4, 0.5) is 0 Å². The summed E-state index contributed by atoms with van der Waals surface area (Å²) in [6.45, 7) is 8.50. The molecule has 0 spiro atoms. The smallest absolute Gasteiger partial charge is 0.293 e. The lowest BCUT2D eigenvalue weighted by Gasteiger charge is -2.22. The van der Waals surface area contributed by atoms with Crippen molar-refractivity contribution in [2.45, 2.75) is 64.5 Å². The number of pyridine rings is 1. The van der Waals surface area contributed by atoms with Crippen molar-refractivity contribution in [2.75, 3.05) is 13.1 Å². The van der Waals surface area contributed by atoms with Crippen molar-refractivity contribution in [3.8, 4) is 5.75 Å². The van der Waals surface area contributed by atoms with E-state index in [4.69, 9.17) is 4.74 Å². The second-order valence-electron chi connectivity index (χ2n) is 9.19. The minimum Gasteiger partial charge on any atom is -0.483 e. The van der Waals surface area contributed by atoms with E-state index >= 15 is 0 Å². The number of nitrogens with zero attached hydrogens (tertiary/aromatic N) is 2. The largest absolute Gasteiger partial charge is 0.483 e. The van der Waals surface area contributed by atoms with E-state index in [1.54, 1.807) is 10.6 Å². The Bertz CT molecular complexity index is 948. The van der Waals surface area contributed by atoms with Crippen LogP contribution < -0.4 is 10.3 Å². The van der Waals surface area contributed by atoms with Crippen molar-refractivity contribution in [2.24, 2.45) is 0 Å². The fraction of sp³-hybridized carbons (Fsp3) is 0.500. The number of aromatic nitrogens is 1. The monoisotopic (exact) mass is 394 g/mol. The SMILES string of the molecule is CC(C)(C)c1ccc(COc2ccc3n(c2=O)[C@H](C(=O)N2CCCC2)CC3)cc1. The Morgan fingerprint density at radius 2 is 1.76 bits per heavy atom. The number of ether oxygens (including phenoxy) is 1. The van der Waals surface area contributed by atoms with Crippen molar-refractivity contribution in [1.82, 2.24) is 9.47 Å². The summed E-state index contributed by atoms with van der Waals surface area (Å²) >= 11 is 0. The quantitative estimate of drug-likeness (QED) is 0.792. The minimum atomic E-state index is -0.384. The van der Waals surface area contributed by atoms with Gasteiger partial charge in [0.15, 0.2) is 5.75 Å². The van der Waals surface area contributed by atoms with Gasteiger partial charge < -0.3 is 9.64 Å². The summed E-state index contributed by atoms with van der Waals surface area (Å²) in [6.07, 6.45) is 3.56. The Hall–Kier alpha value is -2.56. The van der Waals surface area contributed by atoms with Gasteiger partial charge in [-0.25, -0.2) is 0 Å². The number of rotatable bonds is 4. The van der Waals surface area contributed by atoms with Crippen LogP contribution in [0.25, 0.3) is 0 Å². The number of amides is 1. The summed E-state index contributed by atoms with van der Waals surface area (Å²) in [5, 5.41) is 0. The lowest BCUT2D eigenvalue weighted by Crippen LogP contribution is -2.37. The summed E-state index contributed by atoms with van der Waals surface area (Å²) in [4.78, 5) is 27.9. The summed E-state index contributed by atoms with van der Waals surface area (Å²) in [5.74, 6) is 0.396. The fourth-order valence-corrected chi connectivity index (χ4v) is 4.29. The Morgan fingerprint density at radius 3 is 2.41 bits per heavy atom. The third-order valence-corrected chi connectivity index (χ3v) is 6.07. The molecule has 0 radical (unpaired) electrons. The number of fused-ring (bicyclic) bond motifs is 1. The highest BCUT2D eigenvalue weighted by atomic mass is 16.5. The van der Waals surface area contributed by atoms with E-state index in [2.05, 4.69) is 32.9 Å². The maximum absolute atomic E-state index is 13.1. The number of hydrogen-bond donors (Lipinski definition) is 0. The average Bonchev–Trinajstić information content (AvgIpc) is 3.37. The molecule has 3 heterocycles. The molecule has 1 saturated heterocycles. The molecule has 1 fully saturated rings. The van der Waals surface area contributed by atoms with E-state index in [0.717, 1.165) is 43.6 Å². The van der Waals surface area contributed by atoms with Crippen LogP contribution in [0, 0.1) is 0 Å². The van der Waals surface area contributed by atoms with E-state index in [1.165, 1.54) is 5.56 Å². The average molecular weight is 395 g/mol. The third-order valence-electron chi connectivity index (χ3n) is 6.07. The molecule has 1 aromatic heterocycles. The van der Waals surface area contributed by atoms with Crippen molar-refractivity contribution < 1.29 is 9.53 Å². The number of hydrogen-bond acceptors (Lipinski definition) is 3. The lowest BCUT2D eigenvalue weighted by atomic mass is 9.87. The first-order valence-corrected chi connectivity index (χ1v) is 10.6. The summed E-state index contributed by atoms with van der Waals surface area (Å²) in [5.41, 5.74) is 3.13. The van der Waals surface area contributed by atoms with Crippen LogP contribution in [0.3, 0.4) is 0 Å². The van der Waals surface area contributed by atoms with Gasteiger partial charge in [-0.1, -0.05) is 45.0 Å². The zero-order chi connectivity index (χ0) is 20.6. The van der Waals surface area contributed by atoms with Gasteiger partial charge in [-0.2, -0.15) is 0 Å². The number of aryl methyl sites for hydroxylation is 1. The van der Waals surface area contributed by atoms with E-state index < -0.39 is 0 Å². The van der Waals surface area contributed by atoms with Crippen molar-refractivity contribution in [1.29, 1.82) is 0 Å². The van der Waals surface area contributed by atoms with Gasteiger partial charge in [-0.15, -0.1) is 0 Å². The maximum atomic E-state index is 13.1. The van der Waals surface area contributed by atoms with Crippen molar-refractivity contribution >= 4 is 5.91 Å². The van der Waals surface area contributed by atoms with Crippen LogP contribution in [0.15, 0.2) is 41.2 Å². The summed E-state index contributed by atoms with van der Waals surface area (Å²) < 4.78 is 7.53. The van der Waals surface area contributed by atoms with Gasteiger partial charge in [-0.3, -0.25) is 14.2 Å². The Balaban J connectivity index is 1.50. The van der Waals surface area contributed by atoms with E-state index in [0.29, 0.717) is 18.8 Å². The predicted molar refractivity (Wildman–Crippen MR) is 113 cm³/mol. The molecule has 0 N–H and O–H groups in total. The normalized spacial score (nSPS) is 18.7. The first-order valence-electron chi connectivity index (χ1n) is 10.6. The lowest BCUT2D eigenvalue weighted by molar-refractivity contribution is -0.133. The van der Waals surface area contributed by atoms with Gasteiger partial charge in [-0.05, 0) is 54.4 Å². The van der Waals surface area contributed by atoms with Crippen LogP contribution in [0.5, 0.6) is 5.75 Å². The molecular formula is C24H30N2O3. The Morgan fingerprint density at radius 1 is 1.07 bits per heavy atom. The predicted octanol–water partition coefficient (Wildman–Crippen LogP) is 3.83.